The summed E-state index contributed by atoms with van der Waals surface area (Å²) in [7, 11) is 0. The third-order valence-corrected chi connectivity index (χ3v) is 5.25. The molecular weight excluding hydrogens is 386 g/mol. The summed E-state index contributed by atoms with van der Waals surface area (Å²) in [6.07, 6.45) is 5.48. The van der Waals surface area contributed by atoms with Gasteiger partial charge in [0.15, 0.2) is 0 Å². The summed E-state index contributed by atoms with van der Waals surface area (Å²) in [6, 6.07) is 28.0. The fourth-order valence-corrected chi connectivity index (χ4v) is 3.62. The van der Waals surface area contributed by atoms with Gasteiger partial charge in [-0.1, -0.05) is 78.9 Å². The van der Waals surface area contributed by atoms with Gasteiger partial charge in [0.25, 0.3) is 0 Å². The molecule has 0 N–H and O–H groups in total. The lowest BCUT2D eigenvalue weighted by atomic mass is 10.0. The lowest BCUT2D eigenvalue weighted by molar-refractivity contribution is 0.289. The molecule has 0 unspecified atom stereocenters. The zero-order valence-electron chi connectivity index (χ0n) is 16.9. The number of rotatable bonds is 6. The topological polar surface area (TPSA) is 44.4 Å². The maximum atomic E-state index is 12.5. The number of fused-ring (bicyclic) bond motifs is 1. The van der Waals surface area contributed by atoms with Crippen LogP contribution in [0.4, 0.5) is 0 Å². The fraction of sp³-hybridized carbons (Fsp3) is 0.0741. The zero-order chi connectivity index (χ0) is 21.0. The summed E-state index contributed by atoms with van der Waals surface area (Å²) in [5, 5.41) is 2.31. The summed E-state index contributed by atoms with van der Waals surface area (Å²) >= 11 is 0. The molecule has 0 spiro atoms. The molecule has 0 bridgehead atoms. The molecule has 0 radical (unpaired) electrons. The van der Waals surface area contributed by atoms with Gasteiger partial charge in [-0.2, -0.15) is 0 Å². The molecule has 2 aromatic heterocycles. The van der Waals surface area contributed by atoms with Crippen LogP contribution in [-0.4, -0.2) is 4.57 Å². The maximum absolute atomic E-state index is 12.5. The highest BCUT2D eigenvalue weighted by atomic mass is 16.5. The van der Waals surface area contributed by atoms with Crippen molar-refractivity contribution in [3.63, 3.8) is 0 Å². The zero-order valence-corrected chi connectivity index (χ0v) is 16.9. The molecule has 5 aromatic rings. The Labute approximate surface area is 180 Å². The Morgan fingerprint density at radius 2 is 1.42 bits per heavy atom. The molecular formula is C27H21NO3. The first-order valence-corrected chi connectivity index (χ1v) is 10.2. The monoisotopic (exact) mass is 407 g/mol. The smallest absolute Gasteiger partial charge is 0.227 e. The van der Waals surface area contributed by atoms with E-state index in [9.17, 15) is 4.79 Å². The Morgan fingerprint density at radius 3 is 2.10 bits per heavy atom. The summed E-state index contributed by atoms with van der Waals surface area (Å²) in [5.74, 6) is 0.804. The van der Waals surface area contributed by atoms with Gasteiger partial charge in [0, 0.05) is 18.5 Å². The van der Waals surface area contributed by atoms with Gasteiger partial charge in [0.2, 0.25) is 11.2 Å². The normalized spacial score (nSPS) is 11.0. The summed E-state index contributed by atoms with van der Waals surface area (Å²) in [5.41, 5.74) is 3.12. The molecule has 0 aliphatic rings. The molecule has 0 amide bonds. The van der Waals surface area contributed by atoms with Crippen molar-refractivity contribution in [3.05, 3.63) is 125 Å². The highest BCUT2D eigenvalue weighted by Crippen LogP contribution is 2.20. The number of hydrogen-bond acceptors (Lipinski definition) is 3. The van der Waals surface area contributed by atoms with Crippen LogP contribution in [0.5, 0.6) is 5.75 Å². The van der Waals surface area contributed by atoms with Crippen molar-refractivity contribution in [2.45, 2.75) is 13.2 Å². The van der Waals surface area contributed by atoms with Crippen molar-refractivity contribution < 1.29 is 9.15 Å². The Hall–Kier alpha value is -4.05. The van der Waals surface area contributed by atoms with Gasteiger partial charge in [-0.05, 0) is 27.5 Å². The molecule has 2 heterocycles. The van der Waals surface area contributed by atoms with E-state index in [4.69, 9.17) is 9.15 Å². The molecule has 0 aliphatic carbocycles. The second-order valence-electron chi connectivity index (χ2n) is 7.49. The summed E-state index contributed by atoms with van der Waals surface area (Å²) in [4.78, 5) is 12.5. The Balaban J connectivity index is 1.24. The molecule has 0 aliphatic heterocycles. The van der Waals surface area contributed by atoms with Gasteiger partial charge in [-0.15, -0.1) is 0 Å². The molecule has 3 aromatic carbocycles. The van der Waals surface area contributed by atoms with E-state index >= 15 is 0 Å². The standard InChI is InChI=1S/C27H21NO3/c29-26-14-25(17-28-15-23-8-4-5-9-24(23)16-28)30-19-27(26)31-18-20-10-12-22(13-11-20)21-6-2-1-3-7-21/h1-16,19H,17-18H2. The van der Waals surface area contributed by atoms with E-state index in [1.807, 2.05) is 59.4 Å². The van der Waals surface area contributed by atoms with Crippen LogP contribution in [0, 0.1) is 0 Å². The van der Waals surface area contributed by atoms with Crippen LogP contribution in [0.25, 0.3) is 21.9 Å². The molecule has 5 rings (SSSR count). The van der Waals surface area contributed by atoms with Crippen molar-refractivity contribution in [2.75, 3.05) is 0 Å². The minimum Gasteiger partial charge on any atom is -0.482 e. The predicted molar refractivity (Wildman–Crippen MR) is 122 cm³/mol. The number of aromatic nitrogens is 1. The molecule has 31 heavy (non-hydrogen) atoms. The molecule has 0 saturated carbocycles. The Kier molecular flexibility index (Phi) is 5.11. The number of benzene rings is 3. The first kappa shape index (κ1) is 18.9. The van der Waals surface area contributed by atoms with Gasteiger partial charge in [0.1, 0.15) is 18.6 Å². The van der Waals surface area contributed by atoms with Gasteiger partial charge >= 0.3 is 0 Å². The van der Waals surface area contributed by atoms with Gasteiger partial charge < -0.3 is 13.7 Å². The molecule has 4 nitrogen and oxygen atoms in total. The first-order chi connectivity index (χ1) is 15.2. The van der Waals surface area contributed by atoms with Crippen LogP contribution in [0.3, 0.4) is 0 Å². The Bertz CT molecular complexity index is 1330. The highest BCUT2D eigenvalue weighted by molar-refractivity contribution is 5.82. The summed E-state index contributed by atoms with van der Waals surface area (Å²) in [6.45, 7) is 0.799. The van der Waals surface area contributed by atoms with Crippen molar-refractivity contribution in [1.29, 1.82) is 0 Å². The van der Waals surface area contributed by atoms with Gasteiger partial charge in [0.05, 0.1) is 6.54 Å². The van der Waals surface area contributed by atoms with Crippen molar-refractivity contribution in [1.82, 2.24) is 4.57 Å². The average Bonchev–Trinajstić information content (AvgIpc) is 3.22. The lowest BCUT2D eigenvalue weighted by Gasteiger charge is -2.08. The number of nitrogens with zero attached hydrogens (tertiary/aromatic N) is 1. The van der Waals surface area contributed by atoms with Crippen LogP contribution in [-0.2, 0) is 13.2 Å². The SMILES string of the molecule is O=c1cc(Cn2cc3ccccc3c2)occ1OCc1ccc(-c2ccccc2)cc1. The predicted octanol–water partition coefficient (Wildman–Crippen LogP) is 5.89. The Morgan fingerprint density at radius 1 is 0.774 bits per heavy atom. The van der Waals surface area contributed by atoms with Crippen molar-refractivity contribution >= 4 is 10.8 Å². The van der Waals surface area contributed by atoms with E-state index in [-0.39, 0.29) is 11.2 Å². The van der Waals surface area contributed by atoms with E-state index in [1.54, 1.807) is 0 Å². The average molecular weight is 407 g/mol. The first-order valence-electron chi connectivity index (χ1n) is 10.2. The molecule has 4 heteroatoms. The van der Waals surface area contributed by atoms with Crippen molar-refractivity contribution in [2.24, 2.45) is 0 Å². The largest absolute Gasteiger partial charge is 0.482 e. The number of hydrogen-bond donors (Lipinski definition) is 0. The lowest BCUT2D eigenvalue weighted by Crippen LogP contribution is -2.09. The summed E-state index contributed by atoms with van der Waals surface area (Å²) < 4.78 is 13.4. The van der Waals surface area contributed by atoms with Crippen LogP contribution in [0.2, 0.25) is 0 Å². The molecule has 0 saturated heterocycles. The second kappa shape index (κ2) is 8.36. The van der Waals surface area contributed by atoms with Crippen LogP contribution >= 0.6 is 0 Å². The van der Waals surface area contributed by atoms with Crippen molar-refractivity contribution in [3.8, 4) is 16.9 Å². The van der Waals surface area contributed by atoms with Crippen LogP contribution in [0.1, 0.15) is 11.3 Å². The third-order valence-electron chi connectivity index (χ3n) is 5.25. The highest BCUT2D eigenvalue weighted by Gasteiger charge is 2.07. The molecule has 0 fully saturated rings. The van der Waals surface area contributed by atoms with Crippen LogP contribution in [0.15, 0.2) is 113 Å². The van der Waals surface area contributed by atoms with E-state index in [2.05, 4.69) is 36.4 Å². The van der Waals surface area contributed by atoms with E-state index in [0.29, 0.717) is 18.9 Å². The third kappa shape index (κ3) is 4.28. The van der Waals surface area contributed by atoms with Gasteiger partial charge in [-0.3, -0.25) is 4.79 Å². The number of ether oxygens (including phenoxy) is 1. The van der Waals surface area contributed by atoms with E-state index in [0.717, 1.165) is 21.9 Å². The maximum Gasteiger partial charge on any atom is 0.227 e. The minimum atomic E-state index is -0.182. The van der Waals surface area contributed by atoms with Crippen LogP contribution < -0.4 is 10.2 Å². The molecule has 0 atom stereocenters. The molecule has 152 valence electrons. The van der Waals surface area contributed by atoms with Gasteiger partial charge in [-0.25, -0.2) is 0 Å². The second-order valence-corrected chi connectivity index (χ2v) is 7.49. The van der Waals surface area contributed by atoms with E-state index < -0.39 is 0 Å². The fourth-order valence-electron chi connectivity index (χ4n) is 3.62. The quantitative estimate of drug-likeness (QED) is 0.353. The van der Waals surface area contributed by atoms with E-state index in [1.165, 1.54) is 17.9 Å². The minimum absolute atomic E-state index is 0.182.